The van der Waals surface area contributed by atoms with Crippen molar-refractivity contribution >= 4 is 5.97 Å². The predicted octanol–water partition coefficient (Wildman–Crippen LogP) is 1.87. The number of phenolic OH excluding ortho intramolecular Hbond substituents is 2. The van der Waals surface area contributed by atoms with E-state index in [0.717, 1.165) is 16.7 Å². The van der Waals surface area contributed by atoms with Gasteiger partial charge < -0.3 is 14.9 Å². The Morgan fingerprint density at radius 3 is 2.55 bits per heavy atom. The van der Waals surface area contributed by atoms with E-state index < -0.39 is 6.04 Å². The first-order valence-corrected chi connectivity index (χ1v) is 7.03. The number of methoxy groups -OCH3 is 1. The number of phenols is 2. The molecular formula is C17H17NO4. The lowest BCUT2D eigenvalue weighted by Gasteiger charge is -2.32. The summed E-state index contributed by atoms with van der Waals surface area (Å²) in [6.45, 7) is 0. The van der Waals surface area contributed by atoms with E-state index >= 15 is 0 Å². The van der Waals surface area contributed by atoms with Gasteiger partial charge in [-0.1, -0.05) is 30.3 Å². The average molecular weight is 299 g/mol. The van der Waals surface area contributed by atoms with Crippen LogP contribution in [0.3, 0.4) is 0 Å². The Kier molecular flexibility index (Phi) is 3.73. The molecule has 2 aromatic carbocycles. The zero-order valence-corrected chi connectivity index (χ0v) is 12.1. The van der Waals surface area contributed by atoms with Gasteiger partial charge in [-0.25, -0.2) is 0 Å². The first-order chi connectivity index (χ1) is 10.6. The molecule has 5 heteroatoms. The maximum absolute atomic E-state index is 11.9. The van der Waals surface area contributed by atoms with Gasteiger partial charge in [0.15, 0.2) is 11.5 Å². The van der Waals surface area contributed by atoms with E-state index in [-0.39, 0.29) is 23.5 Å². The fourth-order valence-electron chi connectivity index (χ4n) is 2.87. The summed E-state index contributed by atoms with van der Waals surface area (Å²) in [5, 5.41) is 22.8. The molecule has 1 aliphatic heterocycles. The van der Waals surface area contributed by atoms with Crippen molar-refractivity contribution in [1.29, 1.82) is 0 Å². The van der Waals surface area contributed by atoms with E-state index in [0.29, 0.717) is 6.42 Å². The van der Waals surface area contributed by atoms with Crippen molar-refractivity contribution in [2.75, 3.05) is 7.11 Å². The van der Waals surface area contributed by atoms with E-state index in [1.807, 2.05) is 30.3 Å². The molecule has 3 N–H and O–H groups in total. The number of carbonyl (C=O) groups excluding carboxylic acids is 1. The van der Waals surface area contributed by atoms with Gasteiger partial charge in [0, 0.05) is 0 Å². The fraction of sp³-hybridized carbons (Fsp3) is 0.235. The molecule has 0 radical (unpaired) electrons. The molecule has 114 valence electrons. The highest BCUT2D eigenvalue weighted by atomic mass is 16.5. The summed E-state index contributed by atoms with van der Waals surface area (Å²) >= 11 is 0. The highest BCUT2D eigenvalue weighted by Crippen LogP contribution is 2.37. The molecular weight excluding hydrogens is 282 g/mol. The maximum Gasteiger partial charge on any atom is 0.323 e. The largest absolute Gasteiger partial charge is 0.504 e. The van der Waals surface area contributed by atoms with Gasteiger partial charge in [0.2, 0.25) is 0 Å². The first-order valence-electron chi connectivity index (χ1n) is 7.03. The SMILES string of the molecule is COC(=O)C1Cc2cc(O)c(O)cc2C(c2ccccc2)N1. The summed E-state index contributed by atoms with van der Waals surface area (Å²) in [5.41, 5.74) is 2.64. The molecule has 5 nitrogen and oxygen atoms in total. The minimum absolute atomic E-state index is 0.169. The molecule has 0 saturated heterocycles. The number of benzene rings is 2. The number of ether oxygens (including phenoxy) is 1. The summed E-state index contributed by atoms with van der Waals surface area (Å²) < 4.78 is 4.83. The van der Waals surface area contributed by atoms with Crippen LogP contribution in [0.2, 0.25) is 0 Å². The van der Waals surface area contributed by atoms with Crippen molar-refractivity contribution in [3.63, 3.8) is 0 Å². The summed E-state index contributed by atoms with van der Waals surface area (Å²) in [4.78, 5) is 11.9. The predicted molar refractivity (Wildman–Crippen MR) is 80.7 cm³/mol. The number of hydrogen-bond acceptors (Lipinski definition) is 5. The molecule has 0 bridgehead atoms. The normalized spacial score (nSPS) is 20.2. The zero-order chi connectivity index (χ0) is 15.7. The zero-order valence-electron chi connectivity index (χ0n) is 12.1. The lowest BCUT2D eigenvalue weighted by Crippen LogP contribution is -2.45. The summed E-state index contributed by atoms with van der Waals surface area (Å²) in [5.74, 6) is -0.701. The van der Waals surface area contributed by atoms with Crippen LogP contribution in [0.4, 0.5) is 0 Å². The van der Waals surface area contributed by atoms with Gasteiger partial charge in [0.05, 0.1) is 13.2 Å². The molecule has 2 atom stereocenters. The van der Waals surface area contributed by atoms with Crippen LogP contribution in [-0.4, -0.2) is 29.3 Å². The Balaban J connectivity index is 2.09. The number of fused-ring (bicyclic) bond motifs is 1. The third-order valence-corrected chi connectivity index (χ3v) is 3.96. The van der Waals surface area contributed by atoms with Gasteiger partial charge in [0.1, 0.15) is 6.04 Å². The van der Waals surface area contributed by atoms with Gasteiger partial charge in [-0.05, 0) is 35.2 Å². The summed E-state index contributed by atoms with van der Waals surface area (Å²) in [6.07, 6.45) is 0.402. The number of aromatic hydroxyl groups is 2. The second-order valence-corrected chi connectivity index (χ2v) is 5.33. The van der Waals surface area contributed by atoms with Crippen LogP contribution in [0, 0.1) is 0 Å². The van der Waals surface area contributed by atoms with Crippen molar-refractivity contribution < 1.29 is 19.7 Å². The topological polar surface area (TPSA) is 78.8 Å². The molecule has 0 spiro atoms. The molecule has 3 rings (SSSR count). The maximum atomic E-state index is 11.9. The fourth-order valence-corrected chi connectivity index (χ4v) is 2.87. The molecule has 22 heavy (non-hydrogen) atoms. The number of rotatable bonds is 2. The molecule has 2 unspecified atom stereocenters. The molecule has 2 aromatic rings. The van der Waals surface area contributed by atoms with Crippen LogP contribution in [0.25, 0.3) is 0 Å². The molecule has 0 amide bonds. The van der Waals surface area contributed by atoms with Crippen molar-refractivity contribution in [2.24, 2.45) is 0 Å². The lowest BCUT2D eigenvalue weighted by atomic mass is 9.86. The monoisotopic (exact) mass is 299 g/mol. The highest BCUT2D eigenvalue weighted by Gasteiger charge is 2.32. The lowest BCUT2D eigenvalue weighted by molar-refractivity contribution is -0.143. The smallest absolute Gasteiger partial charge is 0.323 e. The van der Waals surface area contributed by atoms with Gasteiger partial charge in [0.25, 0.3) is 0 Å². The van der Waals surface area contributed by atoms with Crippen molar-refractivity contribution in [2.45, 2.75) is 18.5 Å². The van der Waals surface area contributed by atoms with Crippen molar-refractivity contribution in [3.05, 3.63) is 59.2 Å². The van der Waals surface area contributed by atoms with Gasteiger partial charge >= 0.3 is 5.97 Å². The van der Waals surface area contributed by atoms with Crippen LogP contribution in [0.5, 0.6) is 11.5 Å². The van der Waals surface area contributed by atoms with Crippen LogP contribution in [-0.2, 0) is 16.0 Å². The third-order valence-electron chi connectivity index (χ3n) is 3.96. The van der Waals surface area contributed by atoms with E-state index in [1.54, 1.807) is 6.07 Å². The molecule has 1 heterocycles. The minimum atomic E-state index is -0.494. The van der Waals surface area contributed by atoms with Gasteiger partial charge in [-0.2, -0.15) is 0 Å². The second-order valence-electron chi connectivity index (χ2n) is 5.33. The molecule has 0 saturated carbocycles. The van der Waals surface area contributed by atoms with Crippen LogP contribution in [0.15, 0.2) is 42.5 Å². The Hall–Kier alpha value is -2.53. The average Bonchev–Trinajstić information content (AvgIpc) is 2.55. The van der Waals surface area contributed by atoms with Crippen LogP contribution < -0.4 is 5.32 Å². The third kappa shape index (κ3) is 2.51. The standard InChI is InChI=1S/C17H17NO4/c1-22-17(21)13-7-11-8-14(19)15(20)9-12(11)16(18-13)10-5-3-2-4-6-10/h2-6,8-9,13,16,18-20H,7H2,1H3. The van der Waals surface area contributed by atoms with Gasteiger partial charge in [-0.15, -0.1) is 0 Å². The van der Waals surface area contributed by atoms with E-state index in [4.69, 9.17) is 4.74 Å². The number of hydrogen-bond donors (Lipinski definition) is 3. The number of nitrogens with one attached hydrogen (secondary N) is 1. The van der Waals surface area contributed by atoms with Gasteiger partial charge in [-0.3, -0.25) is 10.1 Å². The molecule has 0 fully saturated rings. The minimum Gasteiger partial charge on any atom is -0.504 e. The number of carbonyl (C=O) groups is 1. The Bertz CT molecular complexity index is 699. The summed E-state index contributed by atoms with van der Waals surface area (Å²) in [7, 11) is 1.35. The molecule has 0 aliphatic carbocycles. The van der Waals surface area contributed by atoms with E-state index in [1.165, 1.54) is 13.2 Å². The van der Waals surface area contributed by atoms with Crippen LogP contribution >= 0.6 is 0 Å². The second kappa shape index (κ2) is 5.69. The van der Waals surface area contributed by atoms with Crippen LogP contribution in [0.1, 0.15) is 22.7 Å². The molecule has 0 aromatic heterocycles. The summed E-state index contributed by atoms with van der Waals surface area (Å²) in [6, 6.07) is 12.0. The van der Waals surface area contributed by atoms with Crippen molar-refractivity contribution in [3.8, 4) is 11.5 Å². The Morgan fingerprint density at radius 2 is 1.86 bits per heavy atom. The molecule has 1 aliphatic rings. The number of esters is 1. The highest BCUT2D eigenvalue weighted by molar-refractivity contribution is 5.77. The van der Waals surface area contributed by atoms with Crippen molar-refractivity contribution in [1.82, 2.24) is 5.32 Å². The quantitative estimate of drug-likeness (QED) is 0.583. The van der Waals surface area contributed by atoms with E-state index in [2.05, 4.69) is 5.32 Å². The Morgan fingerprint density at radius 1 is 1.18 bits per heavy atom. The first kappa shape index (κ1) is 14.4. The van der Waals surface area contributed by atoms with E-state index in [9.17, 15) is 15.0 Å². The Labute approximate surface area is 128 Å².